The van der Waals surface area contributed by atoms with Crippen molar-refractivity contribution in [3.8, 4) is 0 Å². The number of anilines is 1. The largest absolute Gasteiger partial charge is 0.465 e. The first-order valence-corrected chi connectivity index (χ1v) is 10.5. The molecule has 3 rings (SSSR count). The van der Waals surface area contributed by atoms with E-state index in [2.05, 4.69) is 33.2 Å². The lowest BCUT2D eigenvalue weighted by molar-refractivity contribution is 0.0599. The number of carbonyl (C=O) groups excluding carboxylic acids is 2. The van der Waals surface area contributed by atoms with Gasteiger partial charge in [0, 0.05) is 44.1 Å². The fourth-order valence-corrected chi connectivity index (χ4v) is 3.95. The van der Waals surface area contributed by atoms with E-state index in [4.69, 9.17) is 4.74 Å². The van der Waals surface area contributed by atoms with E-state index in [1.165, 1.54) is 12.7 Å². The van der Waals surface area contributed by atoms with Gasteiger partial charge >= 0.3 is 5.97 Å². The number of rotatable bonds is 7. The number of hydrogen-bond donors (Lipinski definition) is 2. The number of aromatic nitrogens is 1. The summed E-state index contributed by atoms with van der Waals surface area (Å²) in [6, 6.07) is 7.97. The van der Waals surface area contributed by atoms with E-state index >= 15 is 0 Å². The van der Waals surface area contributed by atoms with Gasteiger partial charge in [0.15, 0.2) is 0 Å². The first-order chi connectivity index (χ1) is 14.4. The van der Waals surface area contributed by atoms with E-state index < -0.39 is 5.97 Å². The third-order valence-electron chi connectivity index (χ3n) is 5.59. The molecule has 2 N–H and O–H groups in total. The number of ether oxygens (including phenoxy) is 1. The summed E-state index contributed by atoms with van der Waals surface area (Å²) in [5, 5.41) is 2.99. The standard InChI is InChI=1S/C23H32N4O3/c1-5-7-19-20(23(29)30-4)16(2)24-21(19)22(28)25-18-9-6-8-17(14-18)15-27-12-10-26(3)11-13-27/h6,8-9,14,24H,5,7,10-13,15H2,1-4H3,(H,25,28). The van der Waals surface area contributed by atoms with Crippen molar-refractivity contribution in [3.63, 3.8) is 0 Å². The zero-order chi connectivity index (χ0) is 21.7. The van der Waals surface area contributed by atoms with Gasteiger partial charge in [-0.15, -0.1) is 0 Å². The van der Waals surface area contributed by atoms with E-state index in [1.807, 2.05) is 25.1 Å². The number of likely N-dealkylation sites (N-methyl/N-ethyl adjacent to an activating group) is 1. The minimum atomic E-state index is -0.416. The number of nitrogens with one attached hydrogen (secondary N) is 2. The Morgan fingerprint density at radius 1 is 1.20 bits per heavy atom. The van der Waals surface area contributed by atoms with Gasteiger partial charge in [-0.05, 0) is 43.7 Å². The van der Waals surface area contributed by atoms with Crippen molar-refractivity contribution in [3.05, 3.63) is 52.3 Å². The fourth-order valence-electron chi connectivity index (χ4n) is 3.95. The summed E-state index contributed by atoms with van der Waals surface area (Å²) in [5.74, 6) is -0.658. The highest BCUT2D eigenvalue weighted by molar-refractivity contribution is 6.07. The summed E-state index contributed by atoms with van der Waals surface area (Å²) in [6.45, 7) is 8.92. The summed E-state index contributed by atoms with van der Waals surface area (Å²) in [7, 11) is 3.50. The molecule has 0 saturated carbocycles. The van der Waals surface area contributed by atoms with Gasteiger partial charge in [-0.1, -0.05) is 25.5 Å². The second-order valence-electron chi connectivity index (χ2n) is 7.95. The van der Waals surface area contributed by atoms with Crippen LogP contribution in [0.1, 0.15) is 51.0 Å². The van der Waals surface area contributed by atoms with E-state index in [9.17, 15) is 9.59 Å². The lowest BCUT2D eigenvalue weighted by Crippen LogP contribution is -2.43. The maximum atomic E-state index is 13.0. The molecule has 1 aliphatic rings. The average molecular weight is 413 g/mol. The van der Waals surface area contributed by atoms with Gasteiger partial charge in [-0.2, -0.15) is 0 Å². The second kappa shape index (κ2) is 9.91. The van der Waals surface area contributed by atoms with E-state index in [0.717, 1.165) is 44.8 Å². The van der Waals surface area contributed by atoms with E-state index in [1.54, 1.807) is 6.92 Å². The molecule has 1 fully saturated rings. The van der Waals surface area contributed by atoms with E-state index in [0.29, 0.717) is 28.9 Å². The van der Waals surface area contributed by atoms with Crippen molar-refractivity contribution in [1.29, 1.82) is 0 Å². The van der Waals surface area contributed by atoms with Crippen molar-refractivity contribution in [2.24, 2.45) is 0 Å². The Morgan fingerprint density at radius 2 is 1.93 bits per heavy atom. The Bertz CT molecular complexity index is 898. The Hall–Kier alpha value is -2.64. The molecule has 0 aliphatic carbocycles. The second-order valence-corrected chi connectivity index (χ2v) is 7.95. The number of nitrogens with zero attached hydrogens (tertiary/aromatic N) is 2. The summed E-state index contributed by atoms with van der Waals surface area (Å²) < 4.78 is 4.91. The summed E-state index contributed by atoms with van der Waals surface area (Å²) in [6.07, 6.45) is 1.45. The molecule has 7 heteroatoms. The number of H-pyrrole nitrogens is 1. The Morgan fingerprint density at radius 3 is 2.60 bits per heavy atom. The third kappa shape index (κ3) is 5.09. The lowest BCUT2D eigenvalue weighted by Gasteiger charge is -2.32. The molecule has 0 atom stereocenters. The molecule has 0 unspecified atom stereocenters. The van der Waals surface area contributed by atoms with Gasteiger partial charge in [-0.3, -0.25) is 9.69 Å². The molecule has 1 aromatic carbocycles. The van der Waals surface area contributed by atoms with Crippen molar-refractivity contribution >= 4 is 17.6 Å². The van der Waals surface area contributed by atoms with Crippen molar-refractivity contribution in [2.45, 2.75) is 33.2 Å². The number of aryl methyl sites for hydroxylation is 1. The van der Waals surface area contributed by atoms with Crippen molar-refractivity contribution in [2.75, 3.05) is 45.7 Å². The van der Waals surface area contributed by atoms with Crippen LogP contribution in [0.15, 0.2) is 24.3 Å². The highest BCUT2D eigenvalue weighted by Gasteiger charge is 2.25. The van der Waals surface area contributed by atoms with Crippen LogP contribution in [0.5, 0.6) is 0 Å². The number of amides is 1. The summed E-state index contributed by atoms with van der Waals surface area (Å²) in [5.41, 5.74) is 4.18. The molecule has 1 amide bonds. The lowest BCUT2D eigenvalue weighted by atomic mass is 10.0. The monoisotopic (exact) mass is 412 g/mol. The number of hydrogen-bond acceptors (Lipinski definition) is 5. The number of carbonyl (C=O) groups is 2. The molecule has 1 saturated heterocycles. The third-order valence-corrected chi connectivity index (χ3v) is 5.59. The van der Waals surface area contributed by atoms with Crippen LogP contribution >= 0.6 is 0 Å². The van der Waals surface area contributed by atoms with Crippen LogP contribution in [0.25, 0.3) is 0 Å². The SMILES string of the molecule is CCCc1c(C(=O)Nc2cccc(CN3CCN(C)CC3)c2)[nH]c(C)c1C(=O)OC. The number of esters is 1. The first-order valence-electron chi connectivity index (χ1n) is 10.5. The normalized spacial score (nSPS) is 15.2. The highest BCUT2D eigenvalue weighted by atomic mass is 16.5. The quantitative estimate of drug-likeness (QED) is 0.684. The van der Waals surface area contributed by atoms with Gasteiger partial charge in [-0.25, -0.2) is 4.79 Å². The van der Waals surface area contributed by atoms with Crippen molar-refractivity contribution < 1.29 is 14.3 Å². The number of methoxy groups -OCH3 is 1. The molecule has 1 aliphatic heterocycles. The molecular formula is C23H32N4O3. The number of piperazine rings is 1. The van der Waals surface area contributed by atoms with Crippen LogP contribution < -0.4 is 5.32 Å². The van der Waals surface area contributed by atoms with Gasteiger partial charge < -0.3 is 19.9 Å². The number of aromatic amines is 1. The molecule has 162 valence electrons. The van der Waals surface area contributed by atoms with Crippen LogP contribution in [0.4, 0.5) is 5.69 Å². The molecule has 1 aromatic heterocycles. The molecule has 0 spiro atoms. The van der Waals surface area contributed by atoms with E-state index in [-0.39, 0.29) is 5.91 Å². The maximum Gasteiger partial charge on any atom is 0.339 e. The predicted molar refractivity (Wildman–Crippen MR) is 118 cm³/mol. The average Bonchev–Trinajstić information content (AvgIpc) is 3.06. The van der Waals surface area contributed by atoms with Crippen LogP contribution in [-0.2, 0) is 17.7 Å². The summed E-state index contributed by atoms with van der Waals surface area (Å²) in [4.78, 5) is 33.1. The molecule has 0 radical (unpaired) electrons. The minimum absolute atomic E-state index is 0.242. The molecule has 0 bridgehead atoms. The Labute approximate surface area is 178 Å². The molecule has 30 heavy (non-hydrogen) atoms. The van der Waals surface area contributed by atoms with Crippen LogP contribution in [0.3, 0.4) is 0 Å². The van der Waals surface area contributed by atoms with Gasteiger partial charge in [0.2, 0.25) is 0 Å². The maximum absolute atomic E-state index is 13.0. The fraction of sp³-hybridized carbons (Fsp3) is 0.478. The minimum Gasteiger partial charge on any atom is -0.465 e. The smallest absolute Gasteiger partial charge is 0.339 e. The molecule has 2 aromatic rings. The Balaban J connectivity index is 1.75. The van der Waals surface area contributed by atoms with Gasteiger partial charge in [0.1, 0.15) is 5.69 Å². The molecular weight excluding hydrogens is 380 g/mol. The molecule has 7 nitrogen and oxygen atoms in total. The molecule has 2 heterocycles. The van der Waals surface area contributed by atoms with Gasteiger partial charge in [0.05, 0.1) is 12.7 Å². The van der Waals surface area contributed by atoms with Crippen LogP contribution in [-0.4, -0.2) is 67.0 Å². The first kappa shape index (κ1) is 22.1. The van der Waals surface area contributed by atoms with Gasteiger partial charge in [0.25, 0.3) is 5.91 Å². The zero-order valence-corrected chi connectivity index (χ0v) is 18.4. The topological polar surface area (TPSA) is 77.7 Å². The van der Waals surface area contributed by atoms with Crippen molar-refractivity contribution in [1.82, 2.24) is 14.8 Å². The zero-order valence-electron chi connectivity index (χ0n) is 18.4. The summed E-state index contributed by atoms with van der Waals surface area (Å²) >= 11 is 0. The van der Waals surface area contributed by atoms with Crippen LogP contribution in [0.2, 0.25) is 0 Å². The highest BCUT2D eigenvalue weighted by Crippen LogP contribution is 2.23. The predicted octanol–water partition coefficient (Wildman–Crippen LogP) is 3.06. The van der Waals surface area contributed by atoms with Crippen LogP contribution in [0, 0.1) is 6.92 Å². The Kier molecular flexibility index (Phi) is 7.29. The number of benzene rings is 1.